The molecule has 3 heterocycles. The molecule has 1 aliphatic heterocycles. The second kappa shape index (κ2) is 8.48. The van der Waals surface area contributed by atoms with Gasteiger partial charge >= 0.3 is 0 Å². The maximum Gasteiger partial charge on any atom is 0.161 e. The van der Waals surface area contributed by atoms with Gasteiger partial charge in [0.2, 0.25) is 0 Å². The molecule has 0 bridgehead atoms. The highest BCUT2D eigenvalue weighted by atomic mass is 35.5. The van der Waals surface area contributed by atoms with E-state index in [1.165, 1.54) is 12.0 Å². The topological polar surface area (TPSA) is 52.3 Å². The summed E-state index contributed by atoms with van der Waals surface area (Å²) in [5.74, 6) is 1.19. The lowest BCUT2D eigenvalue weighted by Gasteiger charge is -2.27. The van der Waals surface area contributed by atoms with Crippen LogP contribution < -0.4 is 4.74 Å². The van der Waals surface area contributed by atoms with Crippen molar-refractivity contribution in [1.29, 1.82) is 0 Å². The van der Waals surface area contributed by atoms with Crippen LogP contribution in [0.5, 0.6) is 5.75 Å². The van der Waals surface area contributed by atoms with E-state index in [1.54, 1.807) is 18.0 Å². The fraction of sp³-hybridized carbons (Fsp3) is 0.292. The predicted octanol–water partition coefficient (Wildman–Crippen LogP) is 6.71. The first-order chi connectivity index (χ1) is 15.2. The van der Waals surface area contributed by atoms with E-state index >= 15 is 0 Å². The van der Waals surface area contributed by atoms with Crippen molar-refractivity contribution >= 4 is 39.8 Å². The highest BCUT2D eigenvalue weighted by Crippen LogP contribution is 2.48. The molecular weight excluding hydrogens is 431 g/mol. The Bertz CT molecular complexity index is 1150. The predicted molar refractivity (Wildman–Crippen MR) is 125 cm³/mol. The molecule has 0 N–H and O–H groups in total. The fourth-order valence-electron chi connectivity index (χ4n) is 4.28. The van der Waals surface area contributed by atoms with E-state index in [0.717, 1.165) is 47.5 Å². The third-order valence-corrected chi connectivity index (χ3v) is 6.61. The summed E-state index contributed by atoms with van der Waals surface area (Å²) in [5, 5.41) is 5.37. The summed E-state index contributed by atoms with van der Waals surface area (Å²) in [5.41, 5.74) is 4.31. The third kappa shape index (κ3) is 3.66. The van der Waals surface area contributed by atoms with Gasteiger partial charge in [0, 0.05) is 6.20 Å². The number of benzene rings is 1. The number of ether oxygens (including phenoxy) is 1. The summed E-state index contributed by atoms with van der Waals surface area (Å²) in [6, 6.07) is 13.6. The average Bonchev–Trinajstić information content (AvgIpc) is 3.20. The van der Waals surface area contributed by atoms with Crippen LogP contribution in [0.2, 0.25) is 0 Å². The molecule has 31 heavy (non-hydrogen) atoms. The quantitative estimate of drug-likeness (QED) is 0.413. The number of fused-ring (bicyclic) bond motifs is 1. The number of aromatic nitrogens is 3. The van der Waals surface area contributed by atoms with E-state index in [9.17, 15) is 0 Å². The number of halogens is 2. The molecule has 0 fully saturated rings. The summed E-state index contributed by atoms with van der Waals surface area (Å²) in [4.78, 5) is 9.36. The van der Waals surface area contributed by atoms with Gasteiger partial charge in [-0.3, -0.25) is 4.98 Å². The van der Waals surface area contributed by atoms with Gasteiger partial charge in [0.1, 0.15) is 22.1 Å². The molecule has 0 saturated heterocycles. The molecule has 0 amide bonds. The molecule has 1 aromatic carbocycles. The standard InChI is InChI=1S/C24H22Cl2N4O/c1-31-17-12-10-16(11-13-17)20-22(25)28-24-19(15-7-3-2-4-8-15)21(29-30(24)23(20)26)18-9-5-6-14-27-18/h5-7,9-14,20,23H,2-4,8H2,1H3. The molecule has 1 aliphatic carbocycles. The Kier molecular flexibility index (Phi) is 5.55. The van der Waals surface area contributed by atoms with Gasteiger partial charge in [0.15, 0.2) is 5.82 Å². The van der Waals surface area contributed by atoms with Crippen LogP contribution in [0.15, 0.2) is 59.7 Å². The van der Waals surface area contributed by atoms with Crippen molar-refractivity contribution in [1.82, 2.24) is 14.8 Å². The normalized spacial score (nSPS) is 20.6. The Morgan fingerprint density at radius 2 is 1.94 bits per heavy atom. The maximum absolute atomic E-state index is 6.99. The van der Waals surface area contributed by atoms with Crippen LogP contribution in [-0.4, -0.2) is 27.0 Å². The number of aliphatic imine (C=N–C) groups is 1. The van der Waals surface area contributed by atoms with Crippen LogP contribution in [0.3, 0.4) is 0 Å². The van der Waals surface area contributed by atoms with Crippen LogP contribution >= 0.6 is 23.2 Å². The molecule has 7 heteroatoms. The van der Waals surface area contributed by atoms with Gasteiger partial charge in [-0.05, 0) is 61.1 Å². The number of pyridine rings is 1. The number of methoxy groups -OCH3 is 1. The molecule has 2 aliphatic rings. The van der Waals surface area contributed by atoms with E-state index in [1.807, 2.05) is 42.5 Å². The van der Waals surface area contributed by atoms with E-state index in [0.29, 0.717) is 11.0 Å². The number of hydrogen-bond donors (Lipinski definition) is 0. The third-order valence-electron chi connectivity index (χ3n) is 5.86. The summed E-state index contributed by atoms with van der Waals surface area (Å²) >= 11 is 13.7. The molecule has 2 unspecified atom stereocenters. The van der Waals surface area contributed by atoms with Crippen molar-refractivity contribution in [2.45, 2.75) is 37.1 Å². The van der Waals surface area contributed by atoms with Crippen molar-refractivity contribution in [3.05, 3.63) is 65.9 Å². The number of rotatable bonds is 4. The van der Waals surface area contributed by atoms with Crippen molar-refractivity contribution in [2.75, 3.05) is 7.11 Å². The molecule has 3 aromatic rings. The number of allylic oxidation sites excluding steroid dienone is 2. The molecular formula is C24H22Cl2N4O. The second-order valence-electron chi connectivity index (χ2n) is 7.74. The fourth-order valence-corrected chi connectivity index (χ4v) is 5.07. The SMILES string of the molecule is COc1ccc(C2C(Cl)=Nc3c(C4=CCCCC4)c(-c4ccccn4)nn3C2Cl)cc1. The monoisotopic (exact) mass is 452 g/mol. The number of nitrogens with zero attached hydrogens (tertiary/aromatic N) is 4. The Balaban J connectivity index is 1.65. The Labute approximate surface area is 191 Å². The zero-order chi connectivity index (χ0) is 21.4. The van der Waals surface area contributed by atoms with Crippen LogP contribution in [-0.2, 0) is 0 Å². The number of hydrogen-bond acceptors (Lipinski definition) is 4. The summed E-state index contributed by atoms with van der Waals surface area (Å²) < 4.78 is 7.08. The highest BCUT2D eigenvalue weighted by molar-refractivity contribution is 6.67. The van der Waals surface area contributed by atoms with Gasteiger partial charge in [-0.2, -0.15) is 5.10 Å². The molecule has 158 valence electrons. The minimum absolute atomic E-state index is 0.300. The van der Waals surface area contributed by atoms with E-state index in [4.69, 9.17) is 38.0 Å². The van der Waals surface area contributed by atoms with Crippen molar-refractivity contribution in [3.63, 3.8) is 0 Å². The first-order valence-electron chi connectivity index (χ1n) is 10.4. The minimum atomic E-state index is -0.506. The van der Waals surface area contributed by atoms with Gasteiger partial charge in [0.25, 0.3) is 0 Å². The van der Waals surface area contributed by atoms with Crippen LogP contribution in [0.1, 0.15) is 48.2 Å². The summed E-state index contributed by atoms with van der Waals surface area (Å²) in [6.07, 6.45) is 8.46. The Hall–Kier alpha value is -2.63. The largest absolute Gasteiger partial charge is 0.497 e. The van der Waals surface area contributed by atoms with Gasteiger partial charge < -0.3 is 4.74 Å². The lowest BCUT2D eigenvalue weighted by atomic mass is 9.92. The lowest BCUT2D eigenvalue weighted by molar-refractivity contribution is 0.414. The number of alkyl halides is 1. The molecule has 5 rings (SSSR count). The first kappa shape index (κ1) is 20.3. The van der Waals surface area contributed by atoms with Gasteiger partial charge in [0.05, 0.1) is 24.3 Å². The van der Waals surface area contributed by atoms with Gasteiger partial charge in [-0.1, -0.05) is 47.5 Å². The molecule has 2 atom stereocenters. The van der Waals surface area contributed by atoms with Crippen LogP contribution in [0.4, 0.5) is 5.82 Å². The molecule has 2 aromatic heterocycles. The Morgan fingerprint density at radius 3 is 2.61 bits per heavy atom. The molecule has 0 spiro atoms. The maximum atomic E-state index is 6.99. The molecule has 0 radical (unpaired) electrons. The first-order valence-corrected chi connectivity index (χ1v) is 11.2. The molecule has 5 nitrogen and oxygen atoms in total. The van der Waals surface area contributed by atoms with Gasteiger partial charge in [-0.25, -0.2) is 9.67 Å². The minimum Gasteiger partial charge on any atom is -0.497 e. The zero-order valence-electron chi connectivity index (χ0n) is 17.1. The average molecular weight is 453 g/mol. The van der Waals surface area contributed by atoms with E-state index in [-0.39, 0.29) is 5.92 Å². The van der Waals surface area contributed by atoms with Crippen molar-refractivity contribution in [2.24, 2.45) is 4.99 Å². The second-order valence-corrected chi connectivity index (χ2v) is 8.57. The van der Waals surface area contributed by atoms with Crippen LogP contribution in [0, 0.1) is 0 Å². The smallest absolute Gasteiger partial charge is 0.161 e. The summed E-state index contributed by atoms with van der Waals surface area (Å²) in [7, 11) is 1.64. The summed E-state index contributed by atoms with van der Waals surface area (Å²) in [6.45, 7) is 0. The lowest BCUT2D eigenvalue weighted by Crippen LogP contribution is -2.23. The van der Waals surface area contributed by atoms with Crippen molar-refractivity contribution in [3.8, 4) is 17.1 Å². The van der Waals surface area contributed by atoms with E-state index in [2.05, 4.69) is 11.1 Å². The van der Waals surface area contributed by atoms with Crippen molar-refractivity contribution < 1.29 is 4.74 Å². The molecule has 0 saturated carbocycles. The van der Waals surface area contributed by atoms with Crippen LogP contribution in [0.25, 0.3) is 17.0 Å². The Morgan fingerprint density at radius 1 is 1.10 bits per heavy atom. The highest BCUT2D eigenvalue weighted by Gasteiger charge is 2.37. The van der Waals surface area contributed by atoms with Gasteiger partial charge in [-0.15, -0.1) is 0 Å². The zero-order valence-corrected chi connectivity index (χ0v) is 18.6. The van der Waals surface area contributed by atoms with E-state index < -0.39 is 5.50 Å².